The van der Waals surface area contributed by atoms with Crippen LogP contribution in [0.2, 0.25) is 0 Å². The first-order valence-corrected chi connectivity index (χ1v) is 10.4. The number of anilines is 1. The molecule has 0 radical (unpaired) electrons. The van der Waals surface area contributed by atoms with Crippen LogP contribution in [-0.2, 0) is 9.59 Å². The van der Waals surface area contributed by atoms with Crippen LogP contribution in [0.1, 0.15) is 38.3 Å². The summed E-state index contributed by atoms with van der Waals surface area (Å²) < 4.78 is 10.9. The summed E-state index contributed by atoms with van der Waals surface area (Å²) in [7, 11) is 3.22. The SMILES string of the molecule is CCN(CC)C(=O)C1CCC(=O)N(c2ccc(OC)cc2)C1c1ccccc1OC. The molecule has 0 bridgehead atoms. The molecule has 0 aromatic heterocycles. The van der Waals surface area contributed by atoms with Crippen LogP contribution < -0.4 is 14.4 Å². The van der Waals surface area contributed by atoms with Gasteiger partial charge in [-0.15, -0.1) is 0 Å². The summed E-state index contributed by atoms with van der Waals surface area (Å²) in [5.74, 6) is 1.11. The highest BCUT2D eigenvalue weighted by molar-refractivity contribution is 5.97. The van der Waals surface area contributed by atoms with Gasteiger partial charge in [0.25, 0.3) is 0 Å². The zero-order valence-corrected chi connectivity index (χ0v) is 18.1. The van der Waals surface area contributed by atoms with Gasteiger partial charge in [-0.3, -0.25) is 9.59 Å². The molecule has 0 saturated carbocycles. The molecule has 0 spiro atoms. The first kappa shape index (κ1) is 21.7. The third-order valence-electron chi connectivity index (χ3n) is 5.80. The first-order valence-electron chi connectivity index (χ1n) is 10.4. The van der Waals surface area contributed by atoms with Gasteiger partial charge in [-0.05, 0) is 50.6 Å². The van der Waals surface area contributed by atoms with Crippen LogP contribution in [0.4, 0.5) is 5.69 Å². The van der Waals surface area contributed by atoms with Crippen molar-refractivity contribution in [2.45, 2.75) is 32.7 Å². The van der Waals surface area contributed by atoms with E-state index in [0.717, 1.165) is 11.3 Å². The lowest BCUT2D eigenvalue weighted by atomic mass is 9.82. The van der Waals surface area contributed by atoms with Gasteiger partial charge in [0.1, 0.15) is 11.5 Å². The van der Waals surface area contributed by atoms with Crippen molar-refractivity contribution in [2.75, 3.05) is 32.2 Å². The monoisotopic (exact) mass is 410 g/mol. The molecule has 0 aliphatic carbocycles. The fourth-order valence-corrected chi connectivity index (χ4v) is 4.23. The maximum absolute atomic E-state index is 13.5. The van der Waals surface area contributed by atoms with Crippen LogP contribution in [0.15, 0.2) is 48.5 Å². The van der Waals surface area contributed by atoms with E-state index >= 15 is 0 Å². The Balaban J connectivity index is 2.13. The number of para-hydroxylation sites is 1. The average Bonchev–Trinajstić information content (AvgIpc) is 2.79. The van der Waals surface area contributed by atoms with Crippen LogP contribution >= 0.6 is 0 Å². The van der Waals surface area contributed by atoms with Gasteiger partial charge >= 0.3 is 0 Å². The summed E-state index contributed by atoms with van der Waals surface area (Å²) in [6.45, 7) is 5.24. The van der Waals surface area contributed by atoms with Crippen molar-refractivity contribution < 1.29 is 19.1 Å². The number of carbonyl (C=O) groups excluding carboxylic acids is 2. The van der Waals surface area contributed by atoms with Gasteiger partial charge in [0.2, 0.25) is 11.8 Å². The standard InChI is InChI=1S/C24H30N2O4/c1-5-25(6-2)24(28)20-15-16-22(27)26(17-11-13-18(29-3)14-12-17)23(20)19-9-7-8-10-21(19)30-4/h7-14,20,23H,5-6,15-16H2,1-4H3. The summed E-state index contributed by atoms with van der Waals surface area (Å²) in [6.07, 6.45) is 0.846. The number of nitrogens with zero attached hydrogens (tertiary/aromatic N) is 2. The maximum atomic E-state index is 13.5. The second-order valence-electron chi connectivity index (χ2n) is 7.30. The topological polar surface area (TPSA) is 59.1 Å². The average molecular weight is 411 g/mol. The summed E-state index contributed by atoms with van der Waals surface area (Å²) in [4.78, 5) is 30.2. The normalized spacial score (nSPS) is 18.8. The van der Waals surface area contributed by atoms with Gasteiger partial charge in [0.05, 0.1) is 26.2 Å². The van der Waals surface area contributed by atoms with Crippen LogP contribution in [0.25, 0.3) is 0 Å². The lowest BCUT2D eigenvalue weighted by Crippen LogP contribution is -2.49. The number of benzene rings is 2. The Hall–Kier alpha value is -3.02. The highest BCUT2D eigenvalue weighted by atomic mass is 16.5. The molecule has 0 N–H and O–H groups in total. The van der Waals surface area contributed by atoms with Gasteiger partial charge in [-0.25, -0.2) is 0 Å². The van der Waals surface area contributed by atoms with E-state index in [1.807, 2.05) is 67.3 Å². The smallest absolute Gasteiger partial charge is 0.228 e. The molecular weight excluding hydrogens is 380 g/mol. The van der Waals surface area contributed by atoms with Crippen LogP contribution in [0, 0.1) is 5.92 Å². The van der Waals surface area contributed by atoms with Crippen LogP contribution in [-0.4, -0.2) is 44.0 Å². The minimum atomic E-state index is -0.441. The second kappa shape index (κ2) is 9.65. The Bertz CT molecular complexity index is 877. The molecule has 2 aromatic rings. The fraction of sp³-hybridized carbons (Fsp3) is 0.417. The highest BCUT2D eigenvalue weighted by Crippen LogP contribution is 2.43. The van der Waals surface area contributed by atoms with Crippen molar-refractivity contribution in [1.29, 1.82) is 0 Å². The Labute approximate surface area is 178 Å². The molecule has 2 atom stereocenters. The van der Waals surface area contributed by atoms with Gasteiger partial charge in [0.15, 0.2) is 0 Å². The number of piperidine rings is 1. The van der Waals surface area contributed by atoms with Crippen molar-refractivity contribution >= 4 is 17.5 Å². The Kier molecular flexibility index (Phi) is 6.98. The molecule has 1 aliphatic heterocycles. The molecule has 2 aromatic carbocycles. The zero-order valence-electron chi connectivity index (χ0n) is 18.1. The summed E-state index contributed by atoms with van der Waals surface area (Å²) >= 11 is 0. The molecule has 6 nitrogen and oxygen atoms in total. The van der Waals surface area contributed by atoms with E-state index in [4.69, 9.17) is 9.47 Å². The van der Waals surface area contributed by atoms with Gasteiger partial charge < -0.3 is 19.3 Å². The van der Waals surface area contributed by atoms with Gasteiger partial charge in [-0.1, -0.05) is 18.2 Å². The molecule has 3 rings (SSSR count). The van der Waals surface area contributed by atoms with Gasteiger partial charge in [0, 0.05) is 30.8 Å². The summed E-state index contributed by atoms with van der Waals surface area (Å²) in [6, 6.07) is 14.6. The highest BCUT2D eigenvalue weighted by Gasteiger charge is 2.43. The van der Waals surface area contributed by atoms with E-state index < -0.39 is 6.04 Å². The Morgan fingerprint density at radius 1 is 1.03 bits per heavy atom. The molecule has 2 amide bonds. The van der Waals surface area contributed by atoms with Crippen molar-refractivity contribution in [3.63, 3.8) is 0 Å². The minimum Gasteiger partial charge on any atom is -0.497 e. The molecule has 1 aliphatic rings. The molecule has 30 heavy (non-hydrogen) atoms. The fourth-order valence-electron chi connectivity index (χ4n) is 4.23. The second-order valence-corrected chi connectivity index (χ2v) is 7.30. The van der Waals surface area contributed by atoms with Crippen LogP contribution in [0.5, 0.6) is 11.5 Å². The van der Waals surface area contributed by atoms with E-state index in [1.165, 1.54) is 0 Å². The quantitative estimate of drug-likeness (QED) is 0.691. The molecule has 2 unspecified atom stereocenters. The Morgan fingerprint density at radius 3 is 2.30 bits per heavy atom. The van der Waals surface area contributed by atoms with Crippen LogP contribution in [0.3, 0.4) is 0 Å². The lowest BCUT2D eigenvalue weighted by Gasteiger charge is -2.42. The van der Waals surface area contributed by atoms with Crippen molar-refractivity contribution in [1.82, 2.24) is 4.90 Å². The van der Waals surface area contributed by atoms with E-state index in [0.29, 0.717) is 37.4 Å². The van der Waals surface area contributed by atoms with E-state index in [9.17, 15) is 9.59 Å². The predicted octanol–water partition coefficient (Wildman–Crippen LogP) is 4.06. The number of ether oxygens (including phenoxy) is 2. The molecule has 1 fully saturated rings. The zero-order chi connectivity index (χ0) is 21.7. The number of hydrogen-bond acceptors (Lipinski definition) is 4. The molecule has 1 saturated heterocycles. The first-order chi connectivity index (χ1) is 14.5. The molecule has 160 valence electrons. The molecular formula is C24H30N2O4. The lowest BCUT2D eigenvalue weighted by molar-refractivity contribution is -0.138. The number of methoxy groups -OCH3 is 2. The van der Waals surface area contributed by atoms with E-state index in [1.54, 1.807) is 19.1 Å². The third kappa shape index (κ3) is 4.13. The number of hydrogen-bond donors (Lipinski definition) is 0. The minimum absolute atomic E-state index is 0.000306. The van der Waals surface area contributed by atoms with E-state index in [2.05, 4.69) is 0 Å². The third-order valence-corrected chi connectivity index (χ3v) is 5.80. The largest absolute Gasteiger partial charge is 0.497 e. The number of amides is 2. The summed E-state index contributed by atoms with van der Waals surface area (Å²) in [5.41, 5.74) is 1.59. The number of carbonyl (C=O) groups is 2. The van der Waals surface area contributed by atoms with E-state index in [-0.39, 0.29) is 17.7 Å². The number of rotatable bonds is 7. The van der Waals surface area contributed by atoms with Crippen molar-refractivity contribution in [2.24, 2.45) is 5.92 Å². The Morgan fingerprint density at radius 2 is 1.70 bits per heavy atom. The van der Waals surface area contributed by atoms with Crippen molar-refractivity contribution in [3.05, 3.63) is 54.1 Å². The maximum Gasteiger partial charge on any atom is 0.228 e. The van der Waals surface area contributed by atoms with Crippen molar-refractivity contribution in [3.8, 4) is 11.5 Å². The van der Waals surface area contributed by atoms with Gasteiger partial charge in [-0.2, -0.15) is 0 Å². The molecule has 6 heteroatoms. The summed E-state index contributed by atoms with van der Waals surface area (Å²) in [5, 5.41) is 0. The molecule has 1 heterocycles. The predicted molar refractivity (Wildman–Crippen MR) is 117 cm³/mol.